The van der Waals surface area contributed by atoms with E-state index in [1.54, 1.807) is 0 Å². The largest absolute Gasteiger partial charge is 0.326 e. The van der Waals surface area contributed by atoms with Crippen LogP contribution in [0.25, 0.3) is 0 Å². The van der Waals surface area contributed by atoms with Gasteiger partial charge >= 0.3 is 0 Å². The minimum absolute atomic E-state index is 0.127. The van der Waals surface area contributed by atoms with E-state index in [9.17, 15) is 9.59 Å². The summed E-state index contributed by atoms with van der Waals surface area (Å²) in [6.07, 6.45) is 4.50. The van der Waals surface area contributed by atoms with Gasteiger partial charge in [0.05, 0.1) is 0 Å². The highest BCUT2D eigenvalue weighted by Crippen LogP contribution is 2.33. The van der Waals surface area contributed by atoms with E-state index < -0.39 is 0 Å². The molecule has 1 aliphatic carbocycles. The highest BCUT2D eigenvalue weighted by Gasteiger charge is 2.30. The summed E-state index contributed by atoms with van der Waals surface area (Å²) in [7, 11) is 0. The van der Waals surface area contributed by atoms with Gasteiger partial charge in [-0.05, 0) is 49.4 Å². The minimum Gasteiger partial charge on any atom is -0.326 e. The molecule has 0 unspecified atom stereocenters. The number of hydrogen-bond donors (Lipinski definition) is 1. The van der Waals surface area contributed by atoms with Crippen LogP contribution in [-0.2, 0) is 16.0 Å². The van der Waals surface area contributed by atoms with Crippen molar-refractivity contribution in [3.63, 3.8) is 0 Å². The van der Waals surface area contributed by atoms with Gasteiger partial charge in [0, 0.05) is 30.3 Å². The molecule has 20 heavy (non-hydrogen) atoms. The second-order valence-corrected chi connectivity index (χ2v) is 5.61. The summed E-state index contributed by atoms with van der Waals surface area (Å²) in [5.74, 6) is 0.507. The number of rotatable bonds is 3. The second kappa shape index (κ2) is 5.27. The van der Waals surface area contributed by atoms with Crippen molar-refractivity contribution in [2.24, 2.45) is 5.92 Å². The maximum absolute atomic E-state index is 11.9. The molecule has 1 fully saturated rings. The lowest BCUT2D eigenvalue weighted by atomic mass is 10.0. The number of aryl methyl sites for hydroxylation is 1. The maximum Gasteiger partial charge on any atom is 0.227 e. The van der Waals surface area contributed by atoms with Crippen molar-refractivity contribution in [2.45, 2.75) is 39.0 Å². The molecule has 4 heteroatoms. The molecular formula is C16H20N2O2. The summed E-state index contributed by atoms with van der Waals surface area (Å²) in [5.41, 5.74) is 3.02. The summed E-state index contributed by atoms with van der Waals surface area (Å²) in [6, 6.07) is 5.88. The van der Waals surface area contributed by atoms with E-state index in [1.165, 1.54) is 0 Å². The lowest BCUT2D eigenvalue weighted by molar-refractivity contribution is -0.118. The fourth-order valence-corrected chi connectivity index (χ4v) is 2.71. The Labute approximate surface area is 119 Å². The minimum atomic E-state index is 0.127. The monoisotopic (exact) mass is 272 g/mol. The molecule has 0 radical (unpaired) electrons. The molecule has 106 valence electrons. The number of nitrogens with one attached hydrogen (secondary N) is 1. The molecular weight excluding hydrogens is 252 g/mol. The maximum atomic E-state index is 11.9. The molecule has 2 amide bonds. The van der Waals surface area contributed by atoms with Crippen molar-refractivity contribution in [1.82, 2.24) is 0 Å². The van der Waals surface area contributed by atoms with Gasteiger partial charge in [-0.25, -0.2) is 0 Å². The van der Waals surface area contributed by atoms with Crippen molar-refractivity contribution < 1.29 is 9.59 Å². The lowest BCUT2D eigenvalue weighted by Crippen LogP contribution is -2.34. The number of hydrogen-bond acceptors (Lipinski definition) is 2. The molecule has 0 atom stereocenters. The zero-order valence-electron chi connectivity index (χ0n) is 11.8. The van der Waals surface area contributed by atoms with Crippen LogP contribution >= 0.6 is 0 Å². The standard InChI is InChI=1S/C16H20N2O2/c1-2-15(19)18-9-3-4-12-10-13(7-8-14(12)18)17-16(20)11-5-6-11/h7-8,10-11H,2-6,9H2,1H3,(H,17,20). The van der Waals surface area contributed by atoms with Gasteiger partial charge in [-0.1, -0.05) is 6.92 Å². The van der Waals surface area contributed by atoms with Crippen LogP contribution in [-0.4, -0.2) is 18.4 Å². The number of amides is 2. The molecule has 0 saturated heterocycles. The predicted octanol–water partition coefficient (Wildman–Crippen LogP) is 2.72. The SMILES string of the molecule is CCC(=O)N1CCCc2cc(NC(=O)C3CC3)ccc21. The molecule has 1 aromatic carbocycles. The fourth-order valence-electron chi connectivity index (χ4n) is 2.71. The first kappa shape index (κ1) is 13.2. The van der Waals surface area contributed by atoms with Gasteiger partial charge in [-0.2, -0.15) is 0 Å². The molecule has 0 aromatic heterocycles. The Hall–Kier alpha value is -1.84. The van der Waals surface area contributed by atoms with Gasteiger partial charge in [-0.3, -0.25) is 9.59 Å². The number of fused-ring (bicyclic) bond motifs is 1. The van der Waals surface area contributed by atoms with Gasteiger partial charge in [-0.15, -0.1) is 0 Å². The highest BCUT2D eigenvalue weighted by molar-refractivity contribution is 5.96. The summed E-state index contributed by atoms with van der Waals surface area (Å²) >= 11 is 0. The van der Waals surface area contributed by atoms with Crippen molar-refractivity contribution in [3.8, 4) is 0 Å². The molecule has 1 saturated carbocycles. The van der Waals surface area contributed by atoms with Crippen LogP contribution in [0.2, 0.25) is 0 Å². The van der Waals surface area contributed by atoms with Crippen LogP contribution in [0, 0.1) is 5.92 Å². The van der Waals surface area contributed by atoms with Crippen LogP contribution in [0.3, 0.4) is 0 Å². The Balaban J connectivity index is 1.81. The average molecular weight is 272 g/mol. The van der Waals surface area contributed by atoms with Gasteiger partial charge in [0.15, 0.2) is 0 Å². The Morgan fingerprint density at radius 1 is 1.35 bits per heavy atom. The Kier molecular flexibility index (Phi) is 3.47. The topological polar surface area (TPSA) is 49.4 Å². The zero-order valence-corrected chi connectivity index (χ0v) is 11.8. The summed E-state index contributed by atoms with van der Waals surface area (Å²) in [5, 5.41) is 2.97. The summed E-state index contributed by atoms with van der Waals surface area (Å²) < 4.78 is 0. The van der Waals surface area contributed by atoms with Crippen molar-refractivity contribution >= 4 is 23.2 Å². The third kappa shape index (κ3) is 2.55. The van der Waals surface area contributed by atoms with Gasteiger partial charge in [0.25, 0.3) is 0 Å². The van der Waals surface area contributed by atoms with E-state index in [0.29, 0.717) is 6.42 Å². The van der Waals surface area contributed by atoms with E-state index in [4.69, 9.17) is 0 Å². The molecule has 0 bridgehead atoms. The normalized spacial score (nSPS) is 17.6. The Bertz CT molecular complexity index is 549. The van der Waals surface area contributed by atoms with E-state index in [1.807, 2.05) is 30.0 Å². The fraction of sp³-hybridized carbons (Fsp3) is 0.500. The van der Waals surface area contributed by atoms with E-state index >= 15 is 0 Å². The van der Waals surface area contributed by atoms with Crippen LogP contribution in [0.15, 0.2) is 18.2 Å². The number of benzene rings is 1. The number of carbonyl (C=O) groups excluding carboxylic acids is 2. The zero-order chi connectivity index (χ0) is 14.1. The van der Waals surface area contributed by atoms with Crippen molar-refractivity contribution in [3.05, 3.63) is 23.8 Å². The Morgan fingerprint density at radius 3 is 2.85 bits per heavy atom. The van der Waals surface area contributed by atoms with Crippen LogP contribution in [0.4, 0.5) is 11.4 Å². The molecule has 1 N–H and O–H groups in total. The van der Waals surface area contributed by atoms with Crippen LogP contribution in [0.1, 0.15) is 38.2 Å². The molecule has 2 aliphatic rings. The molecule has 1 aromatic rings. The van der Waals surface area contributed by atoms with Crippen LogP contribution < -0.4 is 10.2 Å². The Morgan fingerprint density at radius 2 is 2.15 bits per heavy atom. The summed E-state index contributed by atoms with van der Waals surface area (Å²) in [6.45, 7) is 2.69. The number of carbonyl (C=O) groups is 2. The third-order valence-electron chi connectivity index (χ3n) is 4.02. The van der Waals surface area contributed by atoms with Gasteiger partial charge in [0.2, 0.25) is 11.8 Å². The summed E-state index contributed by atoms with van der Waals surface area (Å²) in [4.78, 5) is 25.6. The van der Waals surface area contributed by atoms with Crippen molar-refractivity contribution in [1.29, 1.82) is 0 Å². The van der Waals surface area contributed by atoms with E-state index in [-0.39, 0.29) is 17.7 Å². The molecule has 3 rings (SSSR count). The third-order valence-corrected chi connectivity index (χ3v) is 4.02. The first-order valence-electron chi connectivity index (χ1n) is 7.43. The number of nitrogens with zero attached hydrogens (tertiary/aromatic N) is 1. The highest BCUT2D eigenvalue weighted by atomic mass is 16.2. The average Bonchev–Trinajstić information content (AvgIpc) is 3.30. The number of anilines is 2. The van der Waals surface area contributed by atoms with Gasteiger partial charge < -0.3 is 10.2 Å². The molecule has 1 aliphatic heterocycles. The molecule has 1 heterocycles. The molecule has 0 spiro atoms. The quantitative estimate of drug-likeness (QED) is 0.919. The van der Waals surface area contributed by atoms with Crippen LogP contribution in [0.5, 0.6) is 0 Å². The van der Waals surface area contributed by atoms with E-state index in [0.717, 1.165) is 49.2 Å². The van der Waals surface area contributed by atoms with E-state index in [2.05, 4.69) is 5.32 Å². The lowest BCUT2D eigenvalue weighted by Gasteiger charge is -2.29. The first-order valence-corrected chi connectivity index (χ1v) is 7.43. The molecule has 4 nitrogen and oxygen atoms in total. The first-order chi connectivity index (χ1) is 9.69. The second-order valence-electron chi connectivity index (χ2n) is 5.61. The van der Waals surface area contributed by atoms with Gasteiger partial charge in [0.1, 0.15) is 0 Å². The predicted molar refractivity (Wildman–Crippen MR) is 78.8 cm³/mol. The van der Waals surface area contributed by atoms with Crippen molar-refractivity contribution in [2.75, 3.05) is 16.8 Å². The smallest absolute Gasteiger partial charge is 0.227 e.